The molecule has 0 aliphatic carbocycles. The number of hydrogen-bond donors (Lipinski definition) is 4. The molecular formula is C10H10BrN3O3. The van der Waals surface area contributed by atoms with E-state index in [-0.39, 0.29) is 0 Å². The van der Waals surface area contributed by atoms with Gasteiger partial charge >= 0.3 is 0 Å². The zero-order chi connectivity index (χ0) is 12.6. The quantitative estimate of drug-likeness (QED) is 0.649. The first kappa shape index (κ1) is 12.0. The number of nitrogens with zero attached hydrogens (tertiary/aromatic N) is 1. The lowest BCUT2D eigenvalue weighted by Crippen LogP contribution is -2.33. The molecule has 2 heterocycles. The Labute approximate surface area is 105 Å². The lowest BCUT2D eigenvalue weighted by Gasteiger charge is -2.13. The molecular weight excluding hydrogens is 290 g/mol. The van der Waals surface area contributed by atoms with Crippen molar-refractivity contribution in [2.24, 2.45) is 5.73 Å². The highest BCUT2D eigenvalue weighted by molar-refractivity contribution is 9.10. The van der Waals surface area contributed by atoms with Gasteiger partial charge in [-0.2, -0.15) is 0 Å². The van der Waals surface area contributed by atoms with Crippen LogP contribution in [0.2, 0.25) is 0 Å². The average Bonchev–Trinajstić information content (AvgIpc) is 2.69. The van der Waals surface area contributed by atoms with Crippen LogP contribution in [0.4, 0.5) is 0 Å². The van der Waals surface area contributed by atoms with Gasteiger partial charge in [-0.25, -0.2) is 4.98 Å². The summed E-state index contributed by atoms with van der Waals surface area (Å²) in [6, 6.07) is 1.73. The zero-order valence-electron chi connectivity index (χ0n) is 8.59. The SMILES string of the molecule is NC(=O)C(O)C(O)c1c[nH]c2ncc(Br)cc12. The van der Waals surface area contributed by atoms with Gasteiger partial charge in [0.15, 0.2) is 6.10 Å². The summed E-state index contributed by atoms with van der Waals surface area (Å²) in [5.74, 6) is -0.977. The molecule has 0 bridgehead atoms. The van der Waals surface area contributed by atoms with Crippen LogP contribution in [0.15, 0.2) is 22.9 Å². The van der Waals surface area contributed by atoms with Gasteiger partial charge in [0.25, 0.3) is 0 Å². The van der Waals surface area contributed by atoms with E-state index in [4.69, 9.17) is 5.73 Å². The summed E-state index contributed by atoms with van der Waals surface area (Å²) in [4.78, 5) is 17.7. The first-order valence-corrected chi connectivity index (χ1v) is 5.58. The van der Waals surface area contributed by atoms with E-state index in [1.54, 1.807) is 12.3 Å². The summed E-state index contributed by atoms with van der Waals surface area (Å²) in [7, 11) is 0. The van der Waals surface area contributed by atoms with Gasteiger partial charge in [-0.15, -0.1) is 0 Å². The van der Waals surface area contributed by atoms with Crippen molar-refractivity contribution in [3.63, 3.8) is 0 Å². The number of amides is 1. The molecule has 0 spiro atoms. The van der Waals surface area contributed by atoms with E-state index in [0.717, 1.165) is 4.47 Å². The van der Waals surface area contributed by atoms with Crippen molar-refractivity contribution in [2.75, 3.05) is 0 Å². The Kier molecular flexibility index (Phi) is 3.14. The molecule has 1 amide bonds. The van der Waals surface area contributed by atoms with Crippen molar-refractivity contribution >= 4 is 32.9 Å². The molecule has 2 atom stereocenters. The number of halogens is 1. The smallest absolute Gasteiger partial charge is 0.249 e. The molecule has 0 fully saturated rings. The fourth-order valence-electron chi connectivity index (χ4n) is 1.57. The molecule has 6 nitrogen and oxygen atoms in total. The number of rotatable bonds is 3. The molecule has 0 radical (unpaired) electrons. The second-order valence-corrected chi connectivity index (χ2v) is 4.50. The van der Waals surface area contributed by atoms with E-state index in [1.807, 2.05) is 0 Å². The third-order valence-corrected chi connectivity index (χ3v) is 2.87. The maximum Gasteiger partial charge on any atom is 0.249 e. The lowest BCUT2D eigenvalue weighted by atomic mass is 10.0. The fourth-order valence-corrected chi connectivity index (χ4v) is 1.90. The van der Waals surface area contributed by atoms with Gasteiger partial charge in [0, 0.05) is 27.8 Å². The number of pyridine rings is 1. The van der Waals surface area contributed by atoms with E-state index in [1.165, 1.54) is 6.20 Å². The molecule has 2 aromatic rings. The largest absolute Gasteiger partial charge is 0.385 e. The summed E-state index contributed by atoms with van der Waals surface area (Å²) < 4.78 is 0.728. The van der Waals surface area contributed by atoms with Crippen LogP contribution in [0.1, 0.15) is 11.7 Å². The normalized spacial score (nSPS) is 14.8. The van der Waals surface area contributed by atoms with E-state index in [2.05, 4.69) is 25.9 Å². The van der Waals surface area contributed by atoms with Crippen molar-refractivity contribution < 1.29 is 15.0 Å². The van der Waals surface area contributed by atoms with Crippen molar-refractivity contribution in [3.8, 4) is 0 Å². The Morgan fingerprint density at radius 2 is 2.24 bits per heavy atom. The van der Waals surface area contributed by atoms with Gasteiger partial charge in [-0.05, 0) is 22.0 Å². The van der Waals surface area contributed by atoms with Crippen LogP contribution in [-0.2, 0) is 4.79 Å². The number of aromatic nitrogens is 2. The number of primary amides is 1. The van der Waals surface area contributed by atoms with Gasteiger partial charge in [-0.3, -0.25) is 4.79 Å². The molecule has 0 saturated heterocycles. The first-order chi connectivity index (χ1) is 8.00. The monoisotopic (exact) mass is 299 g/mol. The maximum atomic E-state index is 10.8. The van der Waals surface area contributed by atoms with Gasteiger partial charge in [0.1, 0.15) is 11.8 Å². The average molecular weight is 300 g/mol. The topological polar surface area (TPSA) is 112 Å². The van der Waals surface area contributed by atoms with Gasteiger partial charge in [0.05, 0.1) is 0 Å². The molecule has 17 heavy (non-hydrogen) atoms. The number of H-pyrrole nitrogens is 1. The molecule has 2 aromatic heterocycles. The number of carbonyl (C=O) groups excluding carboxylic acids is 1. The Hall–Kier alpha value is -1.44. The van der Waals surface area contributed by atoms with Crippen LogP contribution in [0, 0.1) is 0 Å². The van der Waals surface area contributed by atoms with Crippen LogP contribution >= 0.6 is 15.9 Å². The molecule has 5 N–H and O–H groups in total. The van der Waals surface area contributed by atoms with Crippen LogP contribution in [0.3, 0.4) is 0 Å². The third-order valence-electron chi connectivity index (χ3n) is 2.44. The second kappa shape index (κ2) is 4.44. The van der Waals surface area contributed by atoms with Gasteiger partial charge in [-0.1, -0.05) is 0 Å². The number of nitrogens with one attached hydrogen (secondary N) is 1. The summed E-state index contributed by atoms with van der Waals surface area (Å²) >= 11 is 3.25. The highest BCUT2D eigenvalue weighted by Crippen LogP contribution is 2.27. The number of fused-ring (bicyclic) bond motifs is 1. The molecule has 2 unspecified atom stereocenters. The summed E-state index contributed by atoms with van der Waals surface area (Å²) in [6.45, 7) is 0. The standard InChI is InChI=1S/C10H10BrN3O3/c11-4-1-5-6(3-14-10(5)13-2-4)7(15)8(16)9(12)17/h1-3,7-8,15-16H,(H2,12,17)(H,13,14). The van der Waals surface area contributed by atoms with E-state index < -0.39 is 18.1 Å². The van der Waals surface area contributed by atoms with Crippen LogP contribution < -0.4 is 5.73 Å². The molecule has 0 aliphatic heterocycles. The predicted octanol–water partition coefficient (Wildman–Crippen LogP) is 0.205. The van der Waals surface area contributed by atoms with Crippen molar-refractivity contribution in [3.05, 3.63) is 28.5 Å². The van der Waals surface area contributed by atoms with E-state index in [9.17, 15) is 15.0 Å². The molecule has 0 aromatic carbocycles. The number of nitrogens with two attached hydrogens (primary N) is 1. The fraction of sp³-hybridized carbons (Fsp3) is 0.200. The number of aliphatic hydroxyl groups is 2. The number of aliphatic hydroxyl groups excluding tert-OH is 2. The second-order valence-electron chi connectivity index (χ2n) is 3.59. The highest BCUT2D eigenvalue weighted by atomic mass is 79.9. The zero-order valence-corrected chi connectivity index (χ0v) is 10.2. The minimum absolute atomic E-state index is 0.375. The third kappa shape index (κ3) is 2.17. The highest BCUT2D eigenvalue weighted by Gasteiger charge is 2.25. The minimum atomic E-state index is -1.65. The van der Waals surface area contributed by atoms with Crippen LogP contribution in [0.5, 0.6) is 0 Å². The van der Waals surface area contributed by atoms with Gasteiger partial charge in [0.2, 0.25) is 5.91 Å². The number of hydrogen-bond acceptors (Lipinski definition) is 4. The van der Waals surface area contributed by atoms with Crippen molar-refractivity contribution in [1.82, 2.24) is 9.97 Å². The van der Waals surface area contributed by atoms with Crippen molar-refractivity contribution in [2.45, 2.75) is 12.2 Å². The summed E-state index contributed by atoms with van der Waals surface area (Å²) in [5.41, 5.74) is 5.86. The van der Waals surface area contributed by atoms with Crippen LogP contribution in [-0.4, -0.2) is 32.2 Å². The van der Waals surface area contributed by atoms with Gasteiger partial charge < -0.3 is 20.9 Å². The van der Waals surface area contributed by atoms with E-state index >= 15 is 0 Å². The molecule has 0 aliphatic rings. The minimum Gasteiger partial charge on any atom is -0.385 e. The van der Waals surface area contributed by atoms with E-state index in [0.29, 0.717) is 16.6 Å². The Morgan fingerprint density at radius 1 is 1.53 bits per heavy atom. The summed E-state index contributed by atoms with van der Waals surface area (Å²) in [6.07, 6.45) is 0.0609. The molecule has 0 saturated carbocycles. The Morgan fingerprint density at radius 3 is 2.88 bits per heavy atom. The Bertz CT molecular complexity index is 569. The molecule has 7 heteroatoms. The summed E-state index contributed by atoms with van der Waals surface area (Å²) in [5, 5.41) is 19.9. The van der Waals surface area contributed by atoms with Crippen molar-refractivity contribution in [1.29, 1.82) is 0 Å². The maximum absolute atomic E-state index is 10.8. The first-order valence-electron chi connectivity index (χ1n) is 4.78. The van der Waals surface area contributed by atoms with Crippen LogP contribution in [0.25, 0.3) is 11.0 Å². The molecule has 2 rings (SSSR count). The predicted molar refractivity (Wildman–Crippen MR) is 64.0 cm³/mol. The molecule has 90 valence electrons. The number of carbonyl (C=O) groups is 1. The lowest BCUT2D eigenvalue weighted by molar-refractivity contribution is -0.131. The number of aromatic amines is 1. The Balaban J connectivity index is 2.48.